The molecule has 2 aromatic rings. The predicted molar refractivity (Wildman–Crippen MR) is 126 cm³/mol. The molecule has 0 aliphatic rings. The summed E-state index contributed by atoms with van der Waals surface area (Å²) >= 11 is 2.49. The molecule has 2 atom stereocenters. The van der Waals surface area contributed by atoms with Gasteiger partial charge in [-0.2, -0.15) is 11.8 Å². The van der Waals surface area contributed by atoms with Crippen LogP contribution in [0.3, 0.4) is 0 Å². The standard InChI is InChI=1S/C23H27NO5S2/c1-3-29-19-11-9-17(10-12-19)14-30-15-20(22(26)27)24-21(25)16(2)13-31-23(28)18-7-5-4-6-8-18/h4-12,16,20H,3,13-15H2,1-2H3,(H,24,25)(H,26,27)/t16-,20+/m1/s1. The summed E-state index contributed by atoms with van der Waals surface area (Å²) in [5, 5.41) is 11.9. The molecule has 0 saturated heterocycles. The quantitative estimate of drug-likeness (QED) is 0.492. The molecule has 0 aliphatic heterocycles. The number of thioether (sulfide) groups is 2. The smallest absolute Gasteiger partial charge is 0.327 e. The van der Waals surface area contributed by atoms with Gasteiger partial charge in [0.05, 0.1) is 6.61 Å². The third-order valence-corrected chi connectivity index (χ3v) is 6.59. The lowest BCUT2D eigenvalue weighted by Gasteiger charge is -2.17. The Labute approximate surface area is 191 Å². The average Bonchev–Trinajstić information content (AvgIpc) is 2.78. The van der Waals surface area contributed by atoms with Crippen molar-refractivity contribution >= 4 is 40.5 Å². The summed E-state index contributed by atoms with van der Waals surface area (Å²) in [6, 6.07) is 15.5. The fraction of sp³-hybridized carbons (Fsp3) is 0.348. The van der Waals surface area contributed by atoms with Crippen LogP contribution in [-0.2, 0) is 15.3 Å². The van der Waals surface area contributed by atoms with E-state index < -0.39 is 17.9 Å². The summed E-state index contributed by atoms with van der Waals surface area (Å²) in [5.74, 6) is 0.0149. The van der Waals surface area contributed by atoms with Gasteiger partial charge in [0.1, 0.15) is 11.8 Å². The van der Waals surface area contributed by atoms with Crippen molar-refractivity contribution in [2.24, 2.45) is 5.92 Å². The lowest BCUT2D eigenvalue weighted by molar-refractivity contribution is -0.141. The fourth-order valence-electron chi connectivity index (χ4n) is 2.57. The number of carbonyl (C=O) groups is 3. The van der Waals surface area contributed by atoms with Crippen LogP contribution in [-0.4, -0.2) is 46.3 Å². The van der Waals surface area contributed by atoms with Gasteiger partial charge in [-0.15, -0.1) is 0 Å². The second-order valence-corrected chi connectivity index (χ2v) is 8.88. The molecule has 0 saturated carbocycles. The van der Waals surface area contributed by atoms with Crippen molar-refractivity contribution in [3.05, 3.63) is 65.7 Å². The van der Waals surface area contributed by atoms with Crippen LogP contribution in [0, 0.1) is 5.92 Å². The first-order valence-corrected chi connectivity index (χ1v) is 12.1. The van der Waals surface area contributed by atoms with Crippen LogP contribution in [0.4, 0.5) is 0 Å². The Bertz CT molecular complexity index is 858. The van der Waals surface area contributed by atoms with Gasteiger partial charge in [-0.1, -0.05) is 61.2 Å². The lowest BCUT2D eigenvalue weighted by Crippen LogP contribution is -2.45. The van der Waals surface area contributed by atoms with E-state index in [-0.39, 0.29) is 22.5 Å². The van der Waals surface area contributed by atoms with Gasteiger partial charge in [-0.05, 0) is 24.6 Å². The number of nitrogens with one attached hydrogen (secondary N) is 1. The van der Waals surface area contributed by atoms with Crippen molar-refractivity contribution in [2.75, 3.05) is 18.1 Å². The van der Waals surface area contributed by atoms with Crippen molar-refractivity contribution in [1.29, 1.82) is 0 Å². The number of benzene rings is 2. The number of hydrogen-bond donors (Lipinski definition) is 2. The van der Waals surface area contributed by atoms with E-state index in [1.807, 2.05) is 37.3 Å². The molecule has 0 aromatic heterocycles. The largest absolute Gasteiger partial charge is 0.494 e. The van der Waals surface area contributed by atoms with Crippen LogP contribution in [0.1, 0.15) is 29.8 Å². The van der Waals surface area contributed by atoms with Crippen LogP contribution in [0.5, 0.6) is 5.75 Å². The first-order chi connectivity index (χ1) is 14.9. The zero-order valence-corrected chi connectivity index (χ0v) is 19.2. The summed E-state index contributed by atoms with van der Waals surface area (Å²) in [6.07, 6.45) is 0. The summed E-state index contributed by atoms with van der Waals surface area (Å²) in [5.41, 5.74) is 1.63. The van der Waals surface area contributed by atoms with Gasteiger partial charge in [0.2, 0.25) is 11.0 Å². The zero-order valence-electron chi connectivity index (χ0n) is 17.6. The maximum atomic E-state index is 12.4. The molecule has 0 heterocycles. The second kappa shape index (κ2) is 13.1. The zero-order chi connectivity index (χ0) is 22.6. The molecule has 166 valence electrons. The minimum absolute atomic E-state index is 0.110. The van der Waals surface area contributed by atoms with Crippen molar-refractivity contribution in [1.82, 2.24) is 5.32 Å². The number of carboxylic acids is 1. The monoisotopic (exact) mass is 461 g/mol. The molecular formula is C23H27NO5S2. The Morgan fingerprint density at radius 2 is 1.71 bits per heavy atom. The third-order valence-electron chi connectivity index (χ3n) is 4.32. The SMILES string of the molecule is CCOc1ccc(CSC[C@H](NC(=O)[C@H](C)CSC(=O)c2ccccc2)C(=O)O)cc1. The molecule has 0 spiro atoms. The van der Waals surface area contributed by atoms with Gasteiger partial charge in [0.15, 0.2) is 0 Å². The van der Waals surface area contributed by atoms with Crippen LogP contribution in [0.15, 0.2) is 54.6 Å². The minimum Gasteiger partial charge on any atom is -0.494 e. The van der Waals surface area contributed by atoms with Crippen molar-refractivity contribution < 1.29 is 24.2 Å². The topological polar surface area (TPSA) is 92.7 Å². The molecule has 2 aromatic carbocycles. The van der Waals surface area contributed by atoms with Crippen molar-refractivity contribution in [2.45, 2.75) is 25.6 Å². The summed E-state index contributed by atoms with van der Waals surface area (Å²) < 4.78 is 5.41. The Kier molecular flexibility index (Phi) is 10.5. The number of rotatable bonds is 12. The highest BCUT2D eigenvalue weighted by molar-refractivity contribution is 8.14. The van der Waals surface area contributed by atoms with E-state index in [0.29, 0.717) is 17.9 Å². The molecule has 0 unspecified atom stereocenters. The molecule has 0 fully saturated rings. The van der Waals surface area contributed by atoms with Gasteiger partial charge < -0.3 is 15.2 Å². The third kappa shape index (κ3) is 8.67. The van der Waals surface area contributed by atoms with E-state index in [1.54, 1.807) is 31.2 Å². The predicted octanol–water partition coefficient (Wildman–Crippen LogP) is 4.10. The molecule has 2 N–H and O–H groups in total. The lowest BCUT2D eigenvalue weighted by atomic mass is 10.2. The molecule has 0 bridgehead atoms. The minimum atomic E-state index is -1.08. The Morgan fingerprint density at radius 1 is 1.03 bits per heavy atom. The van der Waals surface area contributed by atoms with Crippen LogP contribution >= 0.6 is 23.5 Å². The first-order valence-electron chi connectivity index (χ1n) is 9.95. The maximum Gasteiger partial charge on any atom is 0.327 e. The Morgan fingerprint density at radius 3 is 2.32 bits per heavy atom. The van der Waals surface area contributed by atoms with E-state index in [1.165, 1.54) is 11.8 Å². The van der Waals surface area contributed by atoms with E-state index in [9.17, 15) is 19.5 Å². The second-order valence-electron chi connectivity index (χ2n) is 6.86. The Balaban J connectivity index is 1.78. The highest BCUT2D eigenvalue weighted by Gasteiger charge is 2.23. The molecule has 0 aliphatic carbocycles. The van der Waals surface area contributed by atoms with E-state index >= 15 is 0 Å². The van der Waals surface area contributed by atoms with E-state index in [0.717, 1.165) is 23.1 Å². The molecule has 31 heavy (non-hydrogen) atoms. The summed E-state index contributed by atoms with van der Waals surface area (Å²) in [7, 11) is 0. The molecule has 8 heteroatoms. The van der Waals surface area contributed by atoms with Crippen molar-refractivity contribution in [3.8, 4) is 5.75 Å². The van der Waals surface area contributed by atoms with Crippen LogP contribution in [0.25, 0.3) is 0 Å². The molecule has 2 rings (SSSR count). The number of ether oxygens (including phenoxy) is 1. The summed E-state index contributed by atoms with van der Waals surface area (Å²) in [6.45, 7) is 4.21. The van der Waals surface area contributed by atoms with Crippen LogP contribution < -0.4 is 10.1 Å². The van der Waals surface area contributed by atoms with Gasteiger partial charge in [0.25, 0.3) is 0 Å². The number of carboxylic acid groups (broad SMARTS) is 1. The van der Waals surface area contributed by atoms with Gasteiger partial charge in [0, 0.05) is 28.7 Å². The molecule has 0 radical (unpaired) electrons. The maximum absolute atomic E-state index is 12.4. The molecule has 6 nitrogen and oxygen atoms in total. The summed E-state index contributed by atoms with van der Waals surface area (Å²) in [4.78, 5) is 36.1. The normalized spacial score (nSPS) is 12.6. The van der Waals surface area contributed by atoms with E-state index in [4.69, 9.17) is 4.74 Å². The number of aliphatic carboxylic acids is 1. The number of carbonyl (C=O) groups excluding carboxylic acids is 2. The first kappa shape index (κ1) is 24.8. The van der Waals surface area contributed by atoms with Gasteiger partial charge in [-0.25, -0.2) is 4.79 Å². The number of hydrogen-bond acceptors (Lipinski definition) is 6. The van der Waals surface area contributed by atoms with Gasteiger partial charge in [-0.3, -0.25) is 9.59 Å². The van der Waals surface area contributed by atoms with Crippen molar-refractivity contribution in [3.63, 3.8) is 0 Å². The highest BCUT2D eigenvalue weighted by Crippen LogP contribution is 2.19. The molecule has 1 amide bonds. The van der Waals surface area contributed by atoms with Gasteiger partial charge >= 0.3 is 5.97 Å². The number of amides is 1. The fourth-order valence-corrected chi connectivity index (χ4v) is 4.43. The van der Waals surface area contributed by atoms with Crippen LogP contribution in [0.2, 0.25) is 0 Å². The van der Waals surface area contributed by atoms with E-state index in [2.05, 4.69) is 5.32 Å². The highest BCUT2D eigenvalue weighted by atomic mass is 32.2. The Hall–Kier alpha value is -2.45. The average molecular weight is 462 g/mol. The molecular weight excluding hydrogens is 434 g/mol.